The van der Waals surface area contributed by atoms with Crippen LogP contribution in [-0.4, -0.2) is 29.0 Å². The highest BCUT2D eigenvalue weighted by atomic mass is 79.9. The number of nitrogens with zero attached hydrogens (tertiary/aromatic N) is 3. The molecule has 5 nitrogen and oxygen atoms in total. The van der Waals surface area contributed by atoms with Crippen molar-refractivity contribution in [3.8, 4) is 0 Å². The molecular formula is C17H19BrN4O. The highest BCUT2D eigenvalue weighted by Gasteiger charge is 2.18. The summed E-state index contributed by atoms with van der Waals surface area (Å²) in [6.07, 6.45) is 2.30. The number of hydrogen-bond acceptors (Lipinski definition) is 4. The van der Waals surface area contributed by atoms with Crippen LogP contribution in [0.25, 0.3) is 0 Å². The average Bonchev–Trinajstić information content (AvgIpc) is 3.05. The molecule has 1 N–H and O–H groups in total. The Hall–Kier alpha value is -1.95. The van der Waals surface area contributed by atoms with Crippen LogP contribution in [0.3, 0.4) is 0 Å². The van der Waals surface area contributed by atoms with E-state index in [-0.39, 0.29) is 5.91 Å². The molecular weight excluding hydrogens is 356 g/mol. The lowest BCUT2D eigenvalue weighted by Crippen LogP contribution is -2.23. The maximum atomic E-state index is 12.5. The van der Waals surface area contributed by atoms with E-state index in [2.05, 4.69) is 36.1 Å². The Morgan fingerprint density at radius 1 is 1.17 bits per heavy atom. The molecule has 0 atom stereocenters. The smallest absolute Gasteiger partial charge is 0.274 e. The van der Waals surface area contributed by atoms with E-state index in [1.165, 1.54) is 0 Å². The van der Waals surface area contributed by atoms with Crippen LogP contribution in [0.5, 0.6) is 0 Å². The van der Waals surface area contributed by atoms with E-state index in [0.29, 0.717) is 11.6 Å². The first-order valence-electron chi connectivity index (χ1n) is 7.71. The van der Waals surface area contributed by atoms with Crippen LogP contribution in [-0.2, 0) is 0 Å². The molecule has 1 aliphatic heterocycles. The van der Waals surface area contributed by atoms with Gasteiger partial charge in [-0.3, -0.25) is 4.79 Å². The number of carbonyl (C=O) groups excluding carboxylic acids is 1. The number of carbonyl (C=O) groups is 1. The van der Waals surface area contributed by atoms with Crippen molar-refractivity contribution in [1.29, 1.82) is 0 Å². The Kier molecular flexibility index (Phi) is 4.61. The van der Waals surface area contributed by atoms with E-state index in [1.807, 2.05) is 32.0 Å². The van der Waals surface area contributed by atoms with Crippen LogP contribution in [0, 0.1) is 13.8 Å². The quantitative estimate of drug-likeness (QED) is 0.889. The van der Waals surface area contributed by atoms with E-state index >= 15 is 0 Å². The van der Waals surface area contributed by atoms with E-state index < -0.39 is 0 Å². The normalized spacial score (nSPS) is 14.1. The maximum absolute atomic E-state index is 12.5. The number of aromatic nitrogens is 2. The van der Waals surface area contributed by atoms with Gasteiger partial charge in [0.15, 0.2) is 0 Å². The van der Waals surface area contributed by atoms with Gasteiger partial charge >= 0.3 is 0 Å². The molecule has 0 spiro atoms. The van der Waals surface area contributed by atoms with Gasteiger partial charge in [0.05, 0.1) is 0 Å². The molecule has 2 heterocycles. The van der Waals surface area contributed by atoms with Crippen molar-refractivity contribution < 1.29 is 4.79 Å². The standard InChI is InChI=1S/C17H19BrN4O/c1-11-9-13(5-6-14(11)18)20-16(23)15-10-12(2)19-17(21-15)22-7-3-4-8-22/h5-6,9-10H,3-4,7-8H2,1-2H3,(H,20,23). The van der Waals surface area contributed by atoms with Crippen molar-refractivity contribution in [2.45, 2.75) is 26.7 Å². The number of anilines is 2. The van der Waals surface area contributed by atoms with Gasteiger partial charge in [-0.1, -0.05) is 15.9 Å². The highest BCUT2D eigenvalue weighted by Crippen LogP contribution is 2.21. The number of halogens is 1. The van der Waals surface area contributed by atoms with Gasteiger partial charge in [0.1, 0.15) is 5.69 Å². The molecule has 23 heavy (non-hydrogen) atoms. The number of aryl methyl sites for hydroxylation is 2. The Morgan fingerprint density at radius 2 is 1.91 bits per heavy atom. The van der Waals surface area contributed by atoms with E-state index in [9.17, 15) is 4.79 Å². The van der Waals surface area contributed by atoms with Crippen molar-refractivity contribution >= 4 is 33.5 Å². The van der Waals surface area contributed by atoms with Crippen LogP contribution in [0.15, 0.2) is 28.7 Å². The van der Waals surface area contributed by atoms with Crippen LogP contribution in [0.1, 0.15) is 34.6 Å². The molecule has 6 heteroatoms. The minimum atomic E-state index is -0.210. The summed E-state index contributed by atoms with van der Waals surface area (Å²) in [5.74, 6) is 0.442. The lowest BCUT2D eigenvalue weighted by atomic mass is 10.2. The molecule has 1 fully saturated rings. The zero-order valence-electron chi connectivity index (χ0n) is 13.3. The van der Waals surface area contributed by atoms with Crippen LogP contribution >= 0.6 is 15.9 Å². The van der Waals surface area contributed by atoms with Gasteiger partial charge in [-0.2, -0.15) is 0 Å². The SMILES string of the molecule is Cc1cc(C(=O)Nc2ccc(Br)c(C)c2)nc(N2CCCC2)n1. The topological polar surface area (TPSA) is 58.1 Å². The monoisotopic (exact) mass is 374 g/mol. The molecule has 3 rings (SSSR count). The van der Waals surface area contributed by atoms with Crippen molar-refractivity contribution in [2.75, 3.05) is 23.3 Å². The third-order valence-electron chi connectivity index (χ3n) is 3.88. The van der Waals surface area contributed by atoms with Crippen molar-refractivity contribution in [3.63, 3.8) is 0 Å². The fourth-order valence-corrected chi connectivity index (χ4v) is 2.89. The Morgan fingerprint density at radius 3 is 2.61 bits per heavy atom. The predicted molar refractivity (Wildman–Crippen MR) is 95.0 cm³/mol. The molecule has 120 valence electrons. The Labute approximate surface area is 144 Å². The minimum absolute atomic E-state index is 0.210. The fourth-order valence-electron chi connectivity index (χ4n) is 2.65. The third-order valence-corrected chi connectivity index (χ3v) is 4.77. The molecule has 0 saturated carbocycles. The summed E-state index contributed by atoms with van der Waals surface area (Å²) in [4.78, 5) is 23.5. The minimum Gasteiger partial charge on any atom is -0.341 e. The van der Waals surface area contributed by atoms with Gasteiger partial charge in [0.2, 0.25) is 5.95 Å². The molecule has 1 saturated heterocycles. The molecule has 0 unspecified atom stereocenters. The second-order valence-electron chi connectivity index (χ2n) is 5.81. The lowest BCUT2D eigenvalue weighted by Gasteiger charge is -2.16. The van der Waals surface area contributed by atoms with E-state index in [4.69, 9.17) is 0 Å². The number of rotatable bonds is 3. The third kappa shape index (κ3) is 3.69. The molecule has 1 aromatic carbocycles. The number of benzene rings is 1. The second-order valence-corrected chi connectivity index (χ2v) is 6.66. The summed E-state index contributed by atoms with van der Waals surface area (Å²) in [5, 5.41) is 2.90. The van der Waals surface area contributed by atoms with Crippen LogP contribution < -0.4 is 10.2 Å². The van der Waals surface area contributed by atoms with Gasteiger partial charge in [0.25, 0.3) is 5.91 Å². The second kappa shape index (κ2) is 6.66. The van der Waals surface area contributed by atoms with Crippen LogP contribution in [0.2, 0.25) is 0 Å². The summed E-state index contributed by atoms with van der Waals surface area (Å²) in [6, 6.07) is 7.44. The summed E-state index contributed by atoms with van der Waals surface area (Å²) in [7, 11) is 0. The molecule has 0 aliphatic carbocycles. The fraction of sp³-hybridized carbons (Fsp3) is 0.353. The zero-order chi connectivity index (χ0) is 16.4. The Bertz CT molecular complexity index is 741. The maximum Gasteiger partial charge on any atom is 0.274 e. The first-order valence-corrected chi connectivity index (χ1v) is 8.50. The molecule has 2 aromatic rings. The first kappa shape index (κ1) is 15.9. The average molecular weight is 375 g/mol. The summed E-state index contributed by atoms with van der Waals surface area (Å²) < 4.78 is 1.02. The summed E-state index contributed by atoms with van der Waals surface area (Å²) in [6.45, 7) is 5.79. The Balaban J connectivity index is 1.82. The van der Waals surface area contributed by atoms with Gasteiger partial charge in [-0.05, 0) is 56.5 Å². The highest BCUT2D eigenvalue weighted by molar-refractivity contribution is 9.10. The van der Waals surface area contributed by atoms with Gasteiger partial charge < -0.3 is 10.2 Å². The molecule has 1 aromatic heterocycles. The zero-order valence-corrected chi connectivity index (χ0v) is 14.9. The molecule has 1 aliphatic rings. The molecule has 1 amide bonds. The van der Waals surface area contributed by atoms with Gasteiger partial charge in [-0.15, -0.1) is 0 Å². The molecule has 0 radical (unpaired) electrons. The van der Waals surface area contributed by atoms with E-state index in [0.717, 1.165) is 47.3 Å². The van der Waals surface area contributed by atoms with Gasteiger partial charge in [0, 0.05) is 28.9 Å². The first-order chi connectivity index (χ1) is 11.0. The summed E-state index contributed by atoms with van der Waals surface area (Å²) in [5.41, 5.74) is 3.04. The molecule has 0 bridgehead atoms. The summed E-state index contributed by atoms with van der Waals surface area (Å²) >= 11 is 3.46. The lowest BCUT2D eigenvalue weighted by molar-refractivity contribution is 0.102. The predicted octanol–water partition coefficient (Wildman–Crippen LogP) is 3.71. The number of hydrogen-bond donors (Lipinski definition) is 1. The van der Waals surface area contributed by atoms with Crippen molar-refractivity contribution in [1.82, 2.24) is 9.97 Å². The van der Waals surface area contributed by atoms with Crippen LogP contribution in [0.4, 0.5) is 11.6 Å². The van der Waals surface area contributed by atoms with Crippen molar-refractivity contribution in [2.24, 2.45) is 0 Å². The van der Waals surface area contributed by atoms with E-state index in [1.54, 1.807) is 6.07 Å². The number of nitrogens with one attached hydrogen (secondary N) is 1. The number of amides is 1. The van der Waals surface area contributed by atoms with Gasteiger partial charge in [-0.25, -0.2) is 9.97 Å². The largest absolute Gasteiger partial charge is 0.341 e. The van der Waals surface area contributed by atoms with Crippen molar-refractivity contribution in [3.05, 3.63) is 45.7 Å².